The van der Waals surface area contributed by atoms with E-state index in [9.17, 15) is 0 Å². The van der Waals surface area contributed by atoms with Gasteiger partial charge in [-0.25, -0.2) is 9.50 Å². The first-order valence-corrected chi connectivity index (χ1v) is 4.95. The summed E-state index contributed by atoms with van der Waals surface area (Å²) in [6, 6.07) is 1.99. The highest BCUT2D eigenvalue weighted by atomic mass is 35.5. The predicted octanol–water partition coefficient (Wildman–Crippen LogP) is 1.69. The van der Waals surface area contributed by atoms with Crippen LogP contribution >= 0.6 is 11.6 Å². The van der Waals surface area contributed by atoms with Gasteiger partial charge in [-0.05, 0) is 13.0 Å². The summed E-state index contributed by atoms with van der Waals surface area (Å²) in [5.74, 6) is 1.39. The molecule has 5 heteroatoms. The van der Waals surface area contributed by atoms with Crippen molar-refractivity contribution in [2.45, 2.75) is 6.92 Å². The number of alkyl halides is 1. The van der Waals surface area contributed by atoms with E-state index in [0.717, 1.165) is 17.0 Å². The first kappa shape index (κ1) is 9.27. The summed E-state index contributed by atoms with van der Waals surface area (Å²) in [4.78, 5) is 4.23. The SMILES string of the molecule is Cc1cc2c(NCCCl)nccn2n1. The molecule has 0 radical (unpaired) electrons. The van der Waals surface area contributed by atoms with Crippen LogP contribution in [0.15, 0.2) is 18.5 Å². The number of hydrogen-bond acceptors (Lipinski definition) is 3. The second kappa shape index (κ2) is 3.84. The fraction of sp³-hybridized carbons (Fsp3) is 0.333. The molecule has 2 rings (SSSR count). The molecule has 0 spiro atoms. The van der Waals surface area contributed by atoms with Gasteiger partial charge in [-0.15, -0.1) is 11.6 Å². The monoisotopic (exact) mass is 210 g/mol. The molecule has 0 unspecified atom stereocenters. The molecule has 2 aromatic heterocycles. The molecule has 0 saturated heterocycles. The Kier molecular flexibility index (Phi) is 2.54. The molecule has 0 amide bonds. The standard InChI is InChI=1S/C9H11ClN4/c1-7-6-8-9(11-3-2-10)12-4-5-14(8)13-7/h4-6H,2-3H2,1H3,(H,11,12). The summed E-state index contributed by atoms with van der Waals surface area (Å²) in [5.41, 5.74) is 1.96. The number of aromatic nitrogens is 3. The summed E-state index contributed by atoms with van der Waals surface area (Å²) < 4.78 is 1.80. The van der Waals surface area contributed by atoms with Crippen molar-refractivity contribution in [1.29, 1.82) is 0 Å². The van der Waals surface area contributed by atoms with Crippen molar-refractivity contribution in [3.05, 3.63) is 24.2 Å². The highest BCUT2D eigenvalue weighted by molar-refractivity contribution is 6.18. The summed E-state index contributed by atoms with van der Waals surface area (Å²) >= 11 is 5.60. The van der Waals surface area contributed by atoms with Crippen molar-refractivity contribution in [2.24, 2.45) is 0 Å². The van der Waals surface area contributed by atoms with Gasteiger partial charge in [0.15, 0.2) is 5.82 Å². The van der Waals surface area contributed by atoms with Crippen LogP contribution in [0.5, 0.6) is 0 Å². The zero-order valence-electron chi connectivity index (χ0n) is 7.87. The Hall–Kier alpha value is -1.29. The van der Waals surface area contributed by atoms with Crippen molar-refractivity contribution in [2.75, 3.05) is 17.7 Å². The quantitative estimate of drug-likeness (QED) is 0.784. The van der Waals surface area contributed by atoms with Crippen LogP contribution in [0, 0.1) is 6.92 Å². The van der Waals surface area contributed by atoms with Gasteiger partial charge in [-0.3, -0.25) is 0 Å². The topological polar surface area (TPSA) is 42.2 Å². The van der Waals surface area contributed by atoms with Crippen molar-refractivity contribution in [3.63, 3.8) is 0 Å². The minimum atomic E-state index is 0.565. The van der Waals surface area contributed by atoms with E-state index in [1.807, 2.05) is 19.2 Å². The highest BCUT2D eigenvalue weighted by Crippen LogP contribution is 2.13. The van der Waals surface area contributed by atoms with Gasteiger partial charge in [0.05, 0.1) is 5.69 Å². The molecule has 0 bridgehead atoms. The van der Waals surface area contributed by atoms with Gasteiger partial charge in [0.1, 0.15) is 5.52 Å². The van der Waals surface area contributed by atoms with E-state index in [4.69, 9.17) is 11.6 Å². The third kappa shape index (κ3) is 1.65. The number of hydrogen-bond donors (Lipinski definition) is 1. The molecule has 0 aromatic carbocycles. The fourth-order valence-corrected chi connectivity index (χ4v) is 1.44. The number of nitrogens with one attached hydrogen (secondary N) is 1. The van der Waals surface area contributed by atoms with Gasteiger partial charge in [0.25, 0.3) is 0 Å². The molecule has 14 heavy (non-hydrogen) atoms. The Morgan fingerprint density at radius 2 is 2.43 bits per heavy atom. The lowest BCUT2D eigenvalue weighted by atomic mass is 10.4. The number of anilines is 1. The predicted molar refractivity (Wildman–Crippen MR) is 56.9 cm³/mol. The Bertz CT molecular complexity index is 437. The summed E-state index contributed by atoms with van der Waals surface area (Å²) in [5, 5.41) is 7.43. The van der Waals surface area contributed by atoms with E-state index in [1.165, 1.54) is 0 Å². The van der Waals surface area contributed by atoms with Gasteiger partial charge in [0.2, 0.25) is 0 Å². The molecule has 0 fully saturated rings. The molecule has 4 nitrogen and oxygen atoms in total. The molecule has 2 heterocycles. The van der Waals surface area contributed by atoms with Crippen molar-refractivity contribution in [1.82, 2.24) is 14.6 Å². The Labute approximate surface area is 86.9 Å². The molecule has 1 N–H and O–H groups in total. The summed E-state index contributed by atoms with van der Waals surface area (Å²) in [7, 11) is 0. The zero-order valence-corrected chi connectivity index (χ0v) is 8.62. The fourth-order valence-electron chi connectivity index (χ4n) is 1.35. The van der Waals surface area contributed by atoms with Gasteiger partial charge in [0, 0.05) is 24.8 Å². The first-order chi connectivity index (χ1) is 6.81. The molecule has 2 aromatic rings. The second-order valence-electron chi connectivity index (χ2n) is 3.01. The molecule has 0 aliphatic carbocycles. The molecule has 0 atom stereocenters. The van der Waals surface area contributed by atoms with Crippen LogP contribution in [-0.2, 0) is 0 Å². The van der Waals surface area contributed by atoms with Crippen LogP contribution < -0.4 is 5.32 Å². The highest BCUT2D eigenvalue weighted by Gasteiger charge is 2.03. The van der Waals surface area contributed by atoms with Crippen molar-refractivity contribution < 1.29 is 0 Å². The minimum Gasteiger partial charge on any atom is -0.367 e. The maximum absolute atomic E-state index is 5.60. The average molecular weight is 211 g/mol. The van der Waals surface area contributed by atoms with E-state index < -0.39 is 0 Å². The smallest absolute Gasteiger partial charge is 0.152 e. The van der Waals surface area contributed by atoms with Gasteiger partial charge in [-0.2, -0.15) is 5.10 Å². The Morgan fingerprint density at radius 3 is 3.21 bits per heavy atom. The minimum absolute atomic E-state index is 0.565. The number of aryl methyl sites for hydroxylation is 1. The lowest BCUT2D eigenvalue weighted by Gasteiger charge is -2.03. The van der Waals surface area contributed by atoms with Crippen LogP contribution in [0.3, 0.4) is 0 Å². The molecular weight excluding hydrogens is 200 g/mol. The van der Waals surface area contributed by atoms with Crippen LogP contribution in [0.2, 0.25) is 0 Å². The maximum Gasteiger partial charge on any atom is 0.152 e. The molecule has 74 valence electrons. The number of nitrogens with zero attached hydrogens (tertiary/aromatic N) is 3. The lowest BCUT2D eigenvalue weighted by Crippen LogP contribution is -2.05. The third-order valence-corrected chi connectivity index (χ3v) is 2.09. The maximum atomic E-state index is 5.60. The summed E-state index contributed by atoms with van der Waals surface area (Å²) in [6.45, 7) is 2.66. The van der Waals surface area contributed by atoms with Crippen LogP contribution in [0.4, 0.5) is 5.82 Å². The third-order valence-electron chi connectivity index (χ3n) is 1.90. The van der Waals surface area contributed by atoms with E-state index in [-0.39, 0.29) is 0 Å². The average Bonchev–Trinajstić information content (AvgIpc) is 2.55. The molecule has 0 aliphatic rings. The van der Waals surface area contributed by atoms with E-state index >= 15 is 0 Å². The van der Waals surface area contributed by atoms with Gasteiger partial charge in [-0.1, -0.05) is 0 Å². The first-order valence-electron chi connectivity index (χ1n) is 4.42. The lowest BCUT2D eigenvalue weighted by molar-refractivity contribution is 0.921. The van der Waals surface area contributed by atoms with Crippen molar-refractivity contribution in [3.8, 4) is 0 Å². The molecule has 0 saturated carbocycles. The Morgan fingerprint density at radius 1 is 1.57 bits per heavy atom. The normalized spacial score (nSPS) is 10.7. The van der Waals surface area contributed by atoms with Gasteiger partial charge < -0.3 is 5.32 Å². The number of rotatable bonds is 3. The van der Waals surface area contributed by atoms with E-state index in [0.29, 0.717) is 12.4 Å². The van der Waals surface area contributed by atoms with Crippen LogP contribution in [0.25, 0.3) is 5.52 Å². The van der Waals surface area contributed by atoms with Crippen LogP contribution in [0.1, 0.15) is 5.69 Å². The Balaban J connectivity index is 2.42. The van der Waals surface area contributed by atoms with Crippen molar-refractivity contribution >= 4 is 22.9 Å². The van der Waals surface area contributed by atoms with E-state index in [1.54, 1.807) is 10.7 Å². The number of fused-ring (bicyclic) bond motifs is 1. The van der Waals surface area contributed by atoms with Crippen LogP contribution in [-0.4, -0.2) is 27.0 Å². The largest absolute Gasteiger partial charge is 0.367 e. The second-order valence-corrected chi connectivity index (χ2v) is 3.39. The van der Waals surface area contributed by atoms with E-state index in [2.05, 4.69) is 15.4 Å². The summed E-state index contributed by atoms with van der Waals surface area (Å²) in [6.07, 6.45) is 3.55. The van der Waals surface area contributed by atoms with Gasteiger partial charge >= 0.3 is 0 Å². The molecular formula is C9H11ClN4. The molecule has 0 aliphatic heterocycles. The zero-order chi connectivity index (χ0) is 9.97. The number of halogens is 1.